The third-order valence-corrected chi connectivity index (χ3v) is 6.10. The smallest absolute Gasteiger partial charge is 0.346 e. The van der Waals surface area contributed by atoms with Crippen LogP contribution in [0.3, 0.4) is 0 Å². The number of carbonyl (C=O) groups excluding carboxylic acids is 1. The number of hydrogen-bond donors (Lipinski definition) is 0. The molecule has 9 heteroatoms. The number of ether oxygens (including phenoxy) is 2. The molecule has 1 aliphatic rings. The van der Waals surface area contributed by atoms with E-state index in [0.717, 1.165) is 11.1 Å². The molecule has 0 radical (unpaired) electrons. The Hall–Kier alpha value is -3.59. The van der Waals surface area contributed by atoms with E-state index in [4.69, 9.17) is 9.47 Å². The third kappa shape index (κ3) is 4.38. The molecule has 0 atom stereocenters. The molecular formula is C23H21N3O5S. The number of aromatic nitrogens is 3. The summed E-state index contributed by atoms with van der Waals surface area (Å²) in [6.07, 6.45) is 3.02. The maximum atomic E-state index is 13.1. The molecule has 164 valence electrons. The van der Waals surface area contributed by atoms with Gasteiger partial charge in [-0.2, -0.15) is 0 Å². The van der Waals surface area contributed by atoms with Crippen LogP contribution in [0.5, 0.6) is 5.88 Å². The first kappa shape index (κ1) is 21.6. The predicted octanol–water partition coefficient (Wildman–Crippen LogP) is 2.56. The van der Waals surface area contributed by atoms with Gasteiger partial charge in [0.05, 0.1) is 13.7 Å². The monoisotopic (exact) mass is 451 g/mol. The number of methoxy groups -OCH3 is 1. The molecule has 3 heterocycles. The molecule has 1 aromatic carbocycles. The zero-order chi connectivity index (χ0) is 22.7. The number of hydrogen-bond acceptors (Lipinski definition) is 7. The van der Waals surface area contributed by atoms with Crippen LogP contribution in [0.15, 0.2) is 63.2 Å². The summed E-state index contributed by atoms with van der Waals surface area (Å²) in [5.74, 6) is 0.214. The van der Waals surface area contributed by atoms with Crippen molar-refractivity contribution in [3.8, 4) is 5.88 Å². The molecule has 3 aromatic rings. The Balaban J connectivity index is 1.61. The van der Waals surface area contributed by atoms with Crippen molar-refractivity contribution in [1.82, 2.24) is 14.1 Å². The van der Waals surface area contributed by atoms with Crippen molar-refractivity contribution in [3.63, 3.8) is 0 Å². The summed E-state index contributed by atoms with van der Waals surface area (Å²) < 4.78 is 13.0. The van der Waals surface area contributed by atoms with Gasteiger partial charge in [0, 0.05) is 35.5 Å². The van der Waals surface area contributed by atoms with E-state index in [1.807, 2.05) is 30.3 Å². The minimum atomic E-state index is -0.540. The zero-order valence-electron chi connectivity index (χ0n) is 17.6. The van der Waals surface area contributed by atoms with E-state index in [1.165, 1.54) is 34.2 Å². The molecule has 0 spiro atoms. The fraction of sp³-hybridized carbons (Fsp3) is 0.217. The highest BCUT2D eigenvalue weighted by atomic mass is 32.2. The second-order valence-electron chi connectivity index (χ2n) is 7.17. The first-order valence-electron chi connectivity index (χ1n) is 9.87. The van der Waals surface area contributed by atoms with Gasteiger partial charge in [-0.1, -0.05) is 30.3 Å². The summed E-state index contributed by atoms with van der Waals surface area (Å²) in [5.41, 5.74) is 1.84. The molecule has 32 heavy (non-hydrogen) atoms. The second-order valence-corrected chi connectivity index (χ2v) is 8.18. The van der Waals surface area contributed by atoms with Crippen LogP contribution in [0.2, 0.25) is 0 Å². The summed E-state index contributed by atoms with van der Waals surface area (Å²) in [6, 6.07) is 12.7. The standard InChI is InChI=1S/C23H21N3O5S/c1-15-18-14-32-19(22(28)31-13-17-8-9-24-20(10-17)30-2)12-25(18)23(29)26(21(15)27)11-16-6-4-3-5-7-16/h3-10,12H,11,13-14H2,1-2H3. The van der Waals surface area contributed by atoms with Crippen molar-refractivity contribution < 1.29 is 14.3 Å². The molecule has 0 fully saturated rings. The lowest BCUT2D eigenvalue weighted by Crippen LogP contribution is -2.42. The van der Waals surface area contributed by atoms with Crippen LogP contribution in [0.25, 0.3) is 6.20 Å². The minimum absolute atomic E-state index is 0.0455. The maximum absolute atomic E-state index is 13.1. The largest absolute Gasteiger partial charge is 0.481 e. The Bertz CT molecular complexity index is 1310. The van der Waals surface area contributed by atoms with Crippen LogP contribution in [-0.2, 0) is 28.4 Å². The fourth-order valence-corrected chi connectivity index (χ4v) is 4.34. The molecule has 4 rings (SSSR count). The van der Waals surface area contributed by atoms with E-state index >= 15 is 0 Å². The molecule has 8 nitrogen and oxygen atoms in total. The van der Waals surface area contributed by atoms with Gasteiger partial charge in [-0.3, -0.25) is 13.9 Å². The van der Waals surface area contributed by atoms with Gasteiger partial charge >= 0.3 is 11.7 Å². The number of rotatable bonds is 6. The number of esters is 1. The van der Waals surface area contributed by atoms with Crippen molar-refractivity contribution in [2.24, 2.45) is 0 Å². The molecule has 0 bridgehead atoms. The number of thioether (sulfide) groups is 1. The lowest BCUT2D eigenvalue weighted by Gasteiger charge is -2.20. The number of pyridine rings is 1. The van der Waals surface area contributed by atoms with Gasteiger partial charge in [-0.15, -0.1) is 11.8 Å². The molecule has 1 aliphatic heterocycles. The molecule has 0 N–H and O–H groups in total. The van der Waals surface area contributed by atoms with Crippen LogP contribution in [0.4, 0.5) is 0 Å². The number of carbonyl (C=O) groups is 1. The molecule has 0 amide bonds. The predicted molar refractivity (Wildman–Crippen MR) is 121 cm³/mol. The summed E-state index contributed by atoms with van der Waals surface area (Å²) in [5, 5.41) is 0. The summed E-state index contributed by atoms with van der Waals surface area (Å²) >= 11 is 1.24. The quantitative estimate of drug-likeness (QED) is 0.532. The highest BCUT2D eigenvalue weighted by molar-refractivity contribution is 8.03. The lowest BCUT2D eigenvalue weighted by molar-refractivity contribution is -0.139. The van der Waals surface area contributed by atoms with E-state index in [0.29, 0.717) is 27.8 Å². The van der Waals surface area contributed by atoms with E-state index in [2.05, 4.69) is 4.98 Å². The normalized spacial score (nSPS) is 12.6. The highest BCUT2D eigenvalue weighted by Crippen LogP contribution is 2.28. The highest BCUT2D eigenvalue weighted by Gasteiger charge is 2.23. The van der Waals surface area contributed by atoms with Crippen LogP contribution in [-0.4, -0.2) is 27.2 Å². The zero-order valence-corrected chi connectivity index (χ0v) is 18.4. The van der Waals surface area contributed by atoms with Crippen molar-refractivity contribution >= 4 is 23.9 Å². The Kier molecular flexibility index (Phi) is 6.27. The molecule has 0 unspecified atom stereocenters. The van der Waals surface area contributed by atoms with Crippen LogP contribution < -0.4 is 16.0 Å². The fourth-order valence-electron chi connectivity index (χ4n) is 3.34. The van der Waals surface area contributed by atoms with E-state index in [1.54, 1.807) is 25.3 Å². The lowest BCUT2D eigenvalue weighted by atomic mass is 10.2. The topological polar surface area (TPSA) is 92.4 Å². The SMILES string of the molecule is COc1cc(COC(=O)C2=Cn3c(c(C)c(=O)n(Cc4ccccc4)c3=O)CS2)ccn1. The molecule has 0 saturated carbocycles. The molecule has 0 saturated heterocycles. The van der Waals surface area contributed by atoms with Crippen molar-refractivity contribution in [3.05, 3.63) is 96.8 Å². The first-order chi connectivity index (χ1) is 15.5. The Labute approximate surface area is 188 Å². The number of fused-ring (bicyclic) bond motifs is 1. The van der Waals surface area contributed by atoms with E-state index in [-0.39, 0.29) is 18.7 Å². The van der Waals surface area contributed by atoms with Crippen LogP contribution in [0.1, 0.15) is 22.4 Å². The van der Waals surface area contributed by atoms with Gasteiger partial charge in [0.15, 0.2) is 0 Å². The van der Waals surface area contributed by atoms with Crippen LogP contribution >= 0.6 is 11.8 Å². The maximum Gasteiger partial charge on any atom is 0.346 e. The van der Waals surface area contributed by atoms with Gasteiger partial charge < -0.3 is 9.47 Å². The van der Waals surface area contributed by atoms with Crippen molar-refractivity contribution in [2.75, 3.05) is 7.11 Å². The summed E-state index contributed by atoms with van der Waals surface area (Å²) in [4.78, 5) is 42.9. The van der Waals surface area contributed by atoms with Gasteiger partial charge in [0.1, 0.15) is 11.5 Å². The van der Waals surface area contributed by atoms with Gasteiger partial charge in [-0.25, -0.2) is 14.6 Å². The third-order valence-electron chi connectivity index (χ3n) is 5.10. The van der Waals surface area contributed by atoms with E-state index < -0.39 is 11.7 Å². The minimum Gasteiger partial charge on any atom is -0.481 e. The van der Waals surface area contributed by atoms with E-state index in [9.17, 15) is 14.4 Å². The van der Waals surface area contributed by atoms with Gasteiger partial charge in [0.25, 0.3) is 5.56 Å². The number of nitrogens with zero attached hydrogens (tertiary/aromatic N) is 3. The Morgan fingerprint density at radius 2 is 1.94 bits per heavy atom. The first-order valence-corrected chi connectivity index (χ1v) is 10.9. The average Bonchev–Trinajstić information content (AvgIpc) is 2.84. The van der Waals surface area contributed by atoms with Crippen LogP contribution in [0, 0.1) is 6.92 Å². The van der Waals surface area contributed by atoms with Crippen molar-refractivity contribution in [2.45, 2.75) is 25.8 Å². The molecule has 2 aromatic heterocycles. The van der Waals surface area contributed by atoms with Gasteiger partial charge in [0.2, 0.25) is 5.88 Å². The summed E-state index contributed by atoms with van der Waals surface area (Å²) in [7, 11) is 1.51. The van der Waals surface area contributed by atoms with Crippen molar-refractivity contribution in [1.29, 1.82) is 0 Å². The number of benzene rings is 1. The molecular weight excluding hydrogens is 430 g/mol. The Morgan fingerprint density at radius 3 is 2.69 bits per heavy atom. The summed E-state index contributed by atoms with van der Waals surface area (Å²) in [6.45, 7) is 1.90. The molecule has 0 aliphatic carbocycles. The Morgan fingerprint density at radius 1 is 1.16 bits per heavy atom. The second kappa shape index (κ2) is 9.27. The average molecular weight is 452 g/mol. The van der Waals surface area contributed by atoms with Gasteiger partial charge in [-0.05, 0) is 24.1 Å².